The number of furan rings is 1. The molecule has 6 heteroatoms. The Labute approximate surface area is 151 Å². The molecule has 0 amide bonds. The maximum Gasteiger partial charge on any atom is 0.198 e. The van der Waals surface area contributed by atoms with Gasteiger partial charge in [-0.05, 0) is 31.5 Å². The molecule has 0 radical (unpaired) electrons. The Hall–Kier alpha value is -0.953. The summed E-state index contributed by atoms with van der Waals surface area (Å²) < 4.78 is 11.9. The standard InChI is InChI=1S/C19H32O5Si/c1-8-9-14(20)16-12-10-15(24-25(6,7)18(2,3)4)19(5,22)17(21)13(12)11-23-16/h11,15,17,21-22H,8-10H2,1-7H3/t15-,17-,19+/m1/s1. The molecule has 0 spiro atoms. The van der Waals surface area contributed by atoms with E-state index < -0.39 is 26.1 Å². The third-order valence-corrected chi connectivity index (χ3v) is 10.3. The minimum atomic E-state index is -2.16. The Morgan fingerprint density at radius 3 is 2.56 bits per heavy atom. The van der Waals surface area contributed by atoms with Crippen LogP contribution >= 0.6 is 0 Å². The fourth-order valence-corrected chi connectivity index (χ4v) is 4.37. The molecule has 2 N–H and O–H groups in total. The van der Waals surface area contributed by atoms with Crippen molar-refractivity contribution < 1.29 is 23.9 Å². The summed E-state index contributed by atoms with van der Waals surface area (Å²) in [6, 6.07) is 0. The molecule has 0 saturated heterocycles. The lowest BCUT2D eigenvalue weighted by Crippen LogP contribution is -2.56. The van der Waals surface area contributed by atoms with E-state index in [1.807, 2.05) is 6.92 Å². The van der Waals surface area contributed by atoms with Gasteiger partial charge in [-0.15, -0.1) is 0 Å². The van der Waals surface area contributed by atoms with Crippen LogP contribution in [0.2, 0.25) is 18.1 Å². The zero-order chi connectivity index (χ0) is 19.2. The first kappa shape index (κ1) is 20.4. The Kier molecular flexibility index (Phi) is 5.41. The van der Waals surface area contributed by atoms with Gasteiger partial charge in [-0.2, -0.15) is 0 Å². The third-order valence-electron chi connectivity index (χ3n) is 5.79. The quantitative estimate of drug-likeness (QED) is 0.607. The largest absolute Gasteiger partial charge is 0.461 e. The minimum Gasteiger partial charge on any atom is -0.461 e. The molecule has 1 aromatic heterocycles. The SMILES string of the molecule is CCCC(=O)c1occ2c1C[C@@H](O[Si](C)(C)C(C)(C)C)[C@](C)(O)[C@@H]2O. The first-order valence-electron chi connectivity index (χ1n) is 9.04. The van der Waals surface area contributed by atoms with Crippen molar-refractivity contribution in [1.82, 2.24) is 0 Å². The number of carbonyl (C=O) groups excluding carboxylic acids is 1. The molecule has 1 heterocycles. The van der Waals surface area contributed by atoms with Crippen molar-refractivity contribution in [3.63, 3.8) is 0 Å². The van der Waals surface area contributed by atoms with Crippen molar-refractivity contribution in [3.05, 3.63) is 23.2 Å². The number of aliphatic hydroxyl groups excluding tert-OH is 1. The van der Waals surface area contributed by atoms with E-state index in [4.69, 9.17) is 8.84 Å². The molecule has 5 nitrogen and oxygen atoms in total. The number of ketones is 1. The first-order valence-corrected chi connectivity index (χ1v) is 12.0. The monoisotopic (exact) mass is 368 g/mol. The Bertz CT molecular complexity index is 639. The molecule has 0 aromatic carbocycles. The number of fused-ring (bicyclic) bond motifs is 1. The van der Waals surface area contributed by atoms with Crippen LogP contribution in [0, 0.1) is 0 Å². The average molecular weight is 369 g/mol. The van der Waals surface area contributed by atoms with E-state index in [1.54, 1.807) is 6.92 Å². The highest BCUT2D eigenvalue weighted by atomic mass is 28.4. The van der Waals surface area contributed by atoms with Crippen LogP contribution in [-0.4, -0.2) is 36.0 Å². The maximum absolute atomic E-state index is 12.3. The highest BCUT2D eigenvalue weighted by Crippen LogP contribution is 2.45. The molecular formula is C19H32O5Si. The van der Waals surface area contributed by atoms with Crippen LogP contribution in [0.25, 0.3) is 0 Å². The maximum atomic E-state index is 12.3. The van der Waals surface area contributed by atoms with Crippen LogP contribution in [0.15, 0.2) is 10.7 Å². The van der Waals surface area contributed by atoms with Gasteiger partial charge in [0, 0.05) is 24.0 Å². The normalized spacial score (nSPS) is 27.2. The van der Waals surface area contributed by atoms with Gasteiger partial charge in [0.25, 0.3) is 0 Å². The van der Waals surface area contributed by atoms with Crippen molar-refractivity contribution in [2.24, 2.45) is 0 Å². The number of aliphatic hydroxyl groups is 2. The molecule has 1 aromatic rings. The number of rotatable bonds is 5. The van der Waals surface area contributed by atoms with Crippen LogP contribution in [0.1, 0.15) is 75.2 Å². The lowest BCUT2D eigenvalue weighted by atomic mass is 9.78. The summed E-state index contributed by atoms with van der Waals surface area (Å²) in [5, 5.41) is 21.6. The number of hydrogen-bond donors (Lipinski definition) is 2. The average Bonchev–Trinajstić information content (AvgIpc) is 2.87. The molecule has 0 aliphatic heterocycles. The molecule has 1 aliphatic carbocycles. The second kappa shape index (κ2) is 6.65. The zero-order valence-electron chi connectivity index (χ0n) is 16.5. The molecule has 0 unspecified atom stereocenters. The summed E-state index contributed by atoms with van der Waals surface area (Å²) in [7, 11) is -2.16. The molecule has 0 fully saturated rings. The van der Waals surface area contributed by atoms with E-state index >= 15 is 0 Å². The fourth-order valence-electron chi connectivity index (χ4n) is 2.99. The molecule has 1 aliphatic rings. The van der Waals surface area contributed by atoms with Gasteiger partial charge in [0.15, 0.2) is 19.9 Å². The summed E-state index contributed by atoms with van der Waals surface area (Å²) >= 11 is 0. The van der Waals surface area contributed by atoms with Crippen molar-refractivity contribution in [2.75, 3.05) is 0 Å². The van der Waals surface area contributed by atoms with E-state index in [1.165, 1.54) is 6.26 Å². The van der Waals surface area contributed by atoms with Gasteiger partial charge in [-0.25, -0.2) is 0 Å². The lowest BCUT2D eigenvalue weighted by molar-refractivity contribution is -0.138. The van der Waals surface area contributed by atoms with Gasteiger partial charge in [-0.3, -0.25) is 4.79 Å². The number of hydrogen-bond acceptors (Lipinski definition) is 5. The van der Waals surface area contributed by atoms with Gasteiger partial charge in [0.1, 0.15) is 11.7 Å². The molecule has 0 bridgehead atoms. The minimum absolute atomic E-state index is 0.0223. The predicted molar refractivity (Wildman–Crippen MR) is 99.3 cm³/mol. The summed E-state index contributed by atoms with van der Waals surface area (Å²) in [6.45, 7) is 14.2. The van der Waals surface area contributed by atoms with Crippen LogP contribution in [-0.2, 0) is 10.8 Å². The van der Waals surface area contributed by atoms with Crippen molar-refractivity contribution in [1.29, 1.82) is 0 Å². The Morgan fingerprint density at radius 2 is 2.04 bits per heavy atom. The topological polar surface area (TPSA) is 79.9 Å². The van der Waals surface area contributed by atoms with E-state index in [0.717, 1.165) is 6.42 Å². The highest BCUT2D eigenvalue weighted by Gasteiger charge is 2.51. The number of carbonyl (C=O) groups is 1. The van der Waals surface area contributed by atoms with Gasteiger partial charge < -0.3 is 19.1 Å². The summed E-state index contributed by atoms with van der Waals surface area (Å²) in [4.78, 5) is 12.3. The summed E-state index contributed by atoms with van der Waals surface area (Å²) in [5.41, 5.74) is -0.252. The molecule has 25 heavy (non-hydrogen) atoms. The highest BCUT2D eigenvalue weighted by molar-refractivity contribution is 6.74. The smallest absolute Gasteiger partial charge is 0.198 e. The zero-order valence-corrected chi connectivity index (χ0v) is 17.5. The summed E-state index contributed by atoms with van der Waals surface area (Å²) in [5.74, 6) is 0.235. The van der Waals surface area contributed by atoms with Crippen LogP contribution in [0.4, 0.5) is 0 Å². The van der Waals surface area contributed by atoms with E-state index in [0.29, 0.717) is 29.7 Å². The molecule has 3 atom stereocenters. The lowest BCUT2D eigenvalue weighted by Gasteiger charge is -2.47. The molecule has 142 valence electrons. The predicted octanol–water partition coefficient (Wildman–Crippen LogP) is 3.99. The van der Waals surface area contributed by atoms with Crippen molar-refractivity contribution >= 4 is 14.1 Å². The van der Waals surface area contributed by atoms with Gasteiger partial charge >= 0.3 is 0 Å². The molecule has 2 rings (SSSR count). The fraction of sp³-hybridized carbons (Fsp3) is 0.737. The van der Waals surface area contributed by atoms with Crippen LogP contribution in [0.5, 0.6) is 0 Å². The molecular weight excluding hydrogens is 336 g/mol. The van der Waals surface area contributed by atoms with E-state index in [2.05, 4.69) is 33.9 Å². The summed E-state index contributed by atoms with van der Waals surface area (Å²) in [6.07, 6.45) is 1.19. The second-order valence-corrected chi connectivity index (χ2v) is 13.6. The van der Waals surface area contributed by atoms with Crippen molar-refractivity contribution in [2.45, 2.75) is 89.8 Å². The van der Waals surface area contributed by atoms with E-state index in [-0.39, 0.29) is 10.8 Å². The van der Waals surface area contributed by atoms with Gasteiger partial charge in [0.05, 0.1) is 12.4 Å². The first-order chi connectivity index (χ1) is 11.3. The second-order valence-electron chi connectivity index (χ2n) is 8.87. The Morgan fingerprint density at radius 1 is 1.44 bits per heavy atom. The Balaban J connectivity index is 2.40. The molecule has 0 saturated carbocycles. The van der Waals surface area contributed by atoms with Gasteiger partial charge in [-0.1, -0.05) is 27.7 Å². The van der Waals surface area contributed by atoms with E-state index in [9.17, 15) is 15.0 Å². The van der Waals surface area contributed by atoms with Crippen LogP contribution in [0.3, 0.4) is 0 Å². The van der Waals surface area contributed by atoms with Crippen LogP contribution < -0.4 is 0 Å². The number of Topliss-reactive ketones (excluding diaryl/α,β-unsaturated/α-hetero) is 1. The van der Waals surface area contributed by atoms with Gasteiger partial charge in [0.2, 0.25) is 0 Å². The van der Waals surface area contributed by atoms with Crippen molar-refractivity contribution in [3.8, 4) is 0 Å². The third kappa shape index (κ3) is 3.63.